The van der Waals surface area contributed by atoms with Crippen molar-refractivity contribution in [1.29, 1.82) is 0 Å². The van der Waals surface area contributed by atoms with Crippen molar-refractivity contribution < 1.29 is 0 Å². The molecule has 1 aliphatic rings. The van der Waals surface area contributed by atoms with E-state index in [0.717, 1.165) is 31.0 Å². The maximum absolute atomic E-state index is 4.51. The summed E-state index contributed by atoms with van der Waals surface area (Å²) in [6, 6.07) is 16.6. The lowest BCUT2D eigenvalue weighted by Gasteiger charge is -2.17. The lowest BCUT2D eigenvalue weighted by atomic mass is 9.91. The number of nitrogens with zero attached hydrogens (tertiary/aromatic N) is 2. The fourth-order valence-electron chi connectivity index (χ4n) is 2.44. The zero-order chi connectivity index (χ0) is 12.9. The minimum absolute atomic E-state index is 0. The van der Waals surface area contributed by atoms with Crippen LogP contribution in [0.4, 0.5) is 0 Å². The van der Waals surface area contributed by atoms with Gasteiger partial charge in [0.1, 0.15) is 0 Å². The van der Waals surface area contributed by atoms with E-state index in [9.17, 15) is 0 Å². The fourth-order valence-corrected chi connectivity index (χ4v) is 2.44. The summed E-state index contributed by atoms with van der Waals surface area (Å²) in [6.45, 7) is 1.85. The Labute approximate surface area is 120 Å². The molecule has 1 atom stereocenters. The van der Waals surface area contributed by atoms with E-state index in [0.29, 0.717) is 0 Å². The van der Waals surface area contributed by atoms with E-state index in [1.807, 2.05) is 24.4 Å². The molecule has 0 radical (unpaired) electrons. The Balaban J connectivity index is 0.00000147. The minimum atomic E-state index is 0. The average molecular weight is 267 g/mol. The topological polar surface area (TPSA) is 37.3 Å². The summed E-state index contributed by atoms with van der Waals surface area (Å²) in [5.41, 5.74) is 2.39. The summed E-state index contributed by atoms with van der Waals surface area (Å²) in [7, 11) is 0. The van der Waals surface area contributed by atoms with Gasteiger partial charge in [-0.05, 0) is 17.7 Å². The first-order chi connectivity index (χ1) is 9.43. The van der Waals surface area contributed by atoms with Crippen LogP contribution in [0, 0.1) is 0 Å². The highest BCUT2D eigenvalue weighted by Crippen LogP contribution is 2.26. The molecule has 3 nitrogen and oxygen atoms in total. The van der Waals surface area contributed by atoms with Gasteiger partial charge in [0.2, 0.25) is 0 Å². The van der Waals surface area contributed by atoms with E-state index >= 15 is 0 Å². The summed E-state index contributed by atoms with van der Waals surface area (Å²) in [5, 5.41) is 3.35. The molecule has 0 saturated carbocycles. The Morgan fingerprint density at radius 3 is 2.50 bits per heavy atom. The molecule has 1 aromatic heterocycles. The summed E-state index contributed by atoms with van der Waals surface area (Å²) >= 11 is 0. The quantitative estimate of drug-likeness (QED) is 0.923. The molecule has 1 N–H and O–H groups in total. The van der Waals surface area contributed by atoms with Crippen molar-refractivity contribution in [1.82, 2.24) is 10.3 Å². The molecule has 0 bridgehead atoms. The smallest absolute Gasteiger partial charge is 0.0974 e. The number of aliphatic imine (C=N–C) groups is 1. The maximum atomic E-state index is 4.51. The summed E-state index contributed by atoms with van der Waals surface area (Å²) in [6.07, 6.45) is 2.75. The molecule has 3 heteroatoms. The van der Waals surface area contributed by atoms with Gasteiger partial charge in [-0.2, -0.15) is 0 Å². The SMILES string of the molecule is C.c1ccc(C(CC2=NCCN2)c2ccccn2)cc1. The molecule has 0 fully saturated rings. The highest BCUT2D eigenvalue weighted by atomic mass is 15.1. The predicted octanol–water partition coefficient (Wildman–Crippen LogP) is 3.24. The van der Waals surface area contributed by atoms with Gasteiger partial charge in [-0.3, -0.25) is 9.98 Å². The number of benzene rings is 1. The first-order valence-electron chi connectivity index (χ1n) is 6.66. The van der Waals surface area contributed by atoms with Crippen LogP contribution in [0.5, 0.6) is 0 Å². The van der Waals surface area contributed by atoms with Crippen molar-refractivity contribution in [2.24, 2.45) is 4.99 Å². The first kappa shape index (κ1) is 14.3. The van der Waals surface area contributed by atoms with Crippen molar-refractivity contribution >= 4 is 5.84 Å². The van der Waals surface area contributed by atoms with Crippen LogP contribution in [-0.2, 0) is 0 Å². The van der Waals surface area contributed by atoms with Crippen LogP contribution < -0.4 is 5.32 Å². The number of nitrogens with one attached hydrogen (secondary N) is 1. The summed E-state index contributed by atoms with van der Waals surface area (Å²) in [5.74, 6) is 1.37. The monoisotopic (exact) mass is 267 g/mol. The van der Waals surface area contributed by atoms with Crippen molar-refractivity contribution in [3.05, 3.63) is 66.0 Å². The second kappa shape index (κ2) is 6.85. The highest BCUT2D eigenvalue weighted by Gasteiger charge is 2.19. The molecule has 1 aromatic carbocycles. The van der Waals surface area contributed by atoms with E-state index < -0.39 is 0 Å². The molecule has 0 aliphatic carbocycles. The number of hydrogen-bond donors (Lipinski definition) is 1. The number of aromatic nitrogens is 1. The van der Waals surface area contributed by atoms with Crippen molar-refractivity contribution in [2.45, 2.75) is 19.8 Å². The Morgan fingerprint density at radius 2 is 1.85 bits per heavy atom. The third-order valence-corrected chi connectivity index (χ3v) is 3.39. The second-order valence-corrected chi connectivity index (χ2v) is 4.68. The molecule has 0 spiro atoms. The van der Waals surface area contributed by atoms with Gasteiger partial charge in [-0.1, -0.05) is 43.8 Å². The molecular formula is C17H21N3. The lowest BCUT2D eigenvalue weighted by molar-refractivity contribution is 0.801. The van der Waals surface area contributed by atoms with E-state index in [2.05, 4.69) is 45.6 Å². The van der Waals surface area contributed by atoms with Gasteiger partial charge in [-0.15, -0.1) is 0 Å². The van der Waals surface area contributed by atoms with E-state index in [1.54, 1.807) is 0 Å². The van der Waals surface area contributed by atoms with Gasteiger partial charge in [-0.25, -0.2) is 0 Å². The van der Waals surface area contributed by atoms with Crippen LogP contribution in [0.15, 0.2) is 59.7 Å². The van der Waals surface area contributed by atoms with Crippen LogP contribution in [0.3, 0.4) is 0 Å². The Kier molecular flexibility index (Phi) is 4.88. The number of hydrogen-bond acceptors (Lipinski definition) is 3. The second-order valence-electron chi connectivity index (χ2n) is 4.68. The predicted molar refractivity (Wildman–Crippen MR) is 84.2 cm³/mol. The van der Waals surface area contributed by atoms with Gasteiger partial charge in [0.25, 0.3) is 0 Å². The van der Waals surface area contributed by atoms with Gasteiger partial charge >= 0.3 is 0 Å². The van der Waals surface area contributed by atoms with Crippen LogP contribution in [0.25, 0.3) is 0 Å². The van der Waals surface area contributed by atoms with Gasteiger partial charge < -0.3 is 5.32 Å². The molecule has 1 unspecified atom stereocenters. The van der Waals surface area contributed by atoms with Crippen molar-refractivity contribution in [3.63, 3.8) is 0 Å². The maximum Gasteiger partial charge on any atom is 0.0974 e. The van der Waals surface area contributed by atoms with E-state index in [1.165, 1.54) is 5.56 Å². The standard InChI is InChI=1S/C16H17N3.CH4/c1-2-6-13(7-3-1)14(12-16-18-10-11-19-16)15-8-4-5-9-17-15;/h1-9,14H,10-12H2,(H,18,19);1H4. The number of amidine groups is 1. The molecule has 20 heavy (non-hydrogen) atoms. The van der Waals surface area contributed by atoms with Crippen LogP contribution in [-0.4, -0.2) is 23.9 Å². The van der Waals surface area contributed by atoms with Gasteiger partial charge in [0.15, 0.2) is 0 Å². The zero-order valence-electron chi connectivity index (χ0n) is 10.8. The Hall–Kier alpha value is -2.16. The normalized spacial score (nSPS) is 14.9. The zero-order valence-corrected chi connectivity index (χ0v) is 10.8. The number of pyridine rings is 1. The summed E-state index contributed by atoms with van der Waals surface area (Å²) in [4.78, 5) is 9.02. The van der Waals surface area contributed by atoms with E-state index in [-0.39, 0.29) is 13.3 Å². The Bertz CT molecular complexity index is 509. The fraction of sp³-hybridized carbons (Fsp3) is 0.294. The molecular weight excluding hydrogens is 246 g/mol. The third-order valence-electron chi connectivity index (χ3n) is 3.39. The van der Waals surface area contributed by atoms with E-state index in [4.69, 9.17) is 0 Å². The minimum Gasteiger partial charge on any atom is -0.372 e. The van der Waals surface area contributed by atoms with Gasteiger partial charge in [0.05, 0.1) is 12.4 Å². The Morgan fingerprint density at radius 1 is 1.05 bits per heavy atom. The molecule has 3 rings (SSSR count). The highest BCUT2D eigenvalue weighted by molar-refractivity contribution is 5.84. The molecule has 104 valence electrons. The van der Waals surface area contributed by atoms with Crippen LogP contribution in [0.2, 0.25) is 0 Å². The van der Waals surface area contributed by atoms with Gasteiger partial charge in [0, 0.05) is 30.8 Å². The molecule has 0 saturated heterocycles. The first-order valence-corrected chi connectivity index (χ1v) is 6.66. The molecule has 1 aliphatic heterocycles. The van der Waals surface area contributed by atoms with Crippen molar-refractivity contribution in [3.8, 4) is 0 Å². The number of rotatable bonds is 4. The van der Waals surface area contributed by atoms with Crippen LogP contribution in [0.1, 0.15) is 31.0 Å². The summed E-state index contributed by atoms with van der Waals surface area (Å²) < 4.78 is 0. The molecule has 0 amide bonds. The molecule has 2 aromatic rings. The largest absolute Gasteiger partial charge is 0.372 e. The average Bonchev–Trinajstić information content (AvgIpc) is 3.00. The molecule has 2 heterocycles. The lowest BCUT2D eigenvalue weighted by Crippen LogP contribution is -2.21. The van der Waals surface area contributed by atoms with Crippen molar-refractivity contribution in [2.75, 3.05) is 13.1 Å². The van der Waals surface area contributed by atoms with Crippen LogP contribution >= 0.6 is 0 Å². The third kappa shape index (κ3) is 3.23.